The quantitative estimate of drug-likeness (QED) is 0.0346. The van der Waals surface area contributed by atoms with Gasteiger partial charge in [-0.1, -0.05) is 0 Å². The summed E-state index contributed by atoms with van der Waals surface area (Å²) in [6, 6.07) is 0. The fraction of sp³-hybridized carbons (Fsp3) is 0. The molecule has 0 aromatic heterocycles. The minimum atomic E-state index is 1.31. The first-order valence-corrected chi connectivity index (χ1v) is 29.1. The van der Waals surface area contributed by atoms with Crippen molar-refractivity contribution in [1.29, 1.82) is 10.8 Å². The van der Waals surface area contributed by atoms with E-state index in [1.165, 1.54) is 6.19 Å². The van der Waals surface area contributed by atoms with Crippen molar-refractivity contribution in [3.8, 4) is 6.19 Å². The summed E-state index contributed by atoms with van der Waals surface area (Å²) in [6.45, 7) is 0. The van der Waals surface area contributed by atoms with Crippen LogP contribution >= 0.6 is 0 Å². The predicted molar refractivity (Wildman–Crippen MR) is 356 cm³/mol. The fourth-order valence-electron chi connectivity index (χ4n) is 2.55. The number of nitrogens with zero attached hydrogens (tertiary/aromatic N) is 144. The smallest absolute Gasteiger partial charge is 0.183 e. The second kappa shape index (κ2) is 116. The first kappa shape index (κ1) is 117. The molecule has 0 fully saturated rings. The van der Waals surface area contributed by atoms with Crippen LogP contribution in [0, 0.1) is 17.0 Å². The lowest BCUT2D eigenvalue weighted by molar-refractivity contribution is 0.722. The molecule has 0 rings (SSSR count). The standard InChI is InChI=1S/CHN145/c2-1-4-6-8-10-12-14-16-18-20-22-24-26-28-30-32-34-36-38-40-42-44-46-48-50-52-54-56-58-60-62-64-66-68-70-72-74-76-78-80-82-84-86-88-90-92-94-96-98-100-102-104-106-108-110-112-114-116-118-120-122-124-126-128-130-132-134-136-138-140-142-144-146-145-143-141-139-137-135-133-131-129-127-125-123-121-119-117-115-113-111-109-107-105-103-101-99-97-95-93-91-89-87-85-83-81-79-77-75-73-71-69-67-65-63-61-59-57-55-53-51-49-47-45-43-41-39-37-35-33-31-29-27-25-23-21-19-17-15-13-11-9-7-5-3/h3H/b5-3?,6-4?,9-7+,10-8+,13-11+,14-12+,17-15+,18-16+,21-19+,22-20+,25-23+,26-24+,29-27+,30-28+,33-31+,34-32+,37-35+,38-36+,41-39+,42-40+,45-43+,46-44+,49-47+,50-48+,53-51+,54-52+,57-55+,58-56+,61-59+,62-60+,65-63+,66-64+,69-67+,70-68+,73-71+,74-72+,77-75+,78-76+,81-79+,82-80+,85-83+,86-84+,89-87+,90-88+,93-91+,94-92+,97-95+,98-96+,101-99+,102-100+,105-103+,106-104+,109-107+,110-108+,113-111+,114-112+,117-115+,118-116+,121-119+,122-120+,125-123+,126-124+,129-127+,130-128+,133-131+,134-132+,137-135+,138-136+,141-139+,142-140+,145-143+,146-144+. The molecule has 0 aromatic rings. The molecule has 1 N–H and O–H groups in total. The average Bonchev–Trinajstić information content (AvgIpc) is 1.11. The summed E-state index contributed by atoms with van der Waals surface area (Å²) >= 11 is 0. The van der Waals surface area contributed by atoms with Crippen LogP contribution in [0.25, 0.3) is 0 Å². The second-order valence-electron chi connectivity index (χ2n) is 12.9. The third-order valence-corrected chi connectivity index (χ3v) is 5.73. The summed E-state index contributed by atoms with van der Waals surface area (Å²) in [4.78, 5) is 0. The number of nitrogens with one attached hydrogen (secondary N) is 1. The minimum Gasteiger partial charge on any atom is -0.183 e. The SMILES string of the molecule is N#CN=N/N=N/N=N/N=N/N=N/N=N/N=N/N=N/N=N/N=N/N=N/N=N/N=N/N=N/N=N/N=N/N=N/N=N/N=N/N=N/N=N/N=N/N=N/N=N/N=N/N=N/N=N/N=N/N=N/N=N/N=N/N=N/N=N/N=N/N=N/N=N/N=N/N=N/N=N/N=N/N=N/N=N/N=N/N=N/N=N/N=N/N=N/N=N/N=N/N=N/N=N/N=N/N=N/N=N/N=N/N=N/N=N/N=N/N=N/N=N/N=N/N=N/N=N/N=N/N=N/N=N/N=N/N=N/N=N/N=N/N=N/N=N. The van der Waals surface area contributed by atoms with Crippen LogP contribution in [-0.2, 0) is 0 Å². The lowest BCUT2D eigenvalue weighted by Crippen LogP contribution is -1.52. The number of hydrogen-bond acceptors (Lipinski definition) is 3. The number of nitriles is 1. The maximum atomic E-state index is 8.04. The Bertz CT molecular complexity index is 5330. The van der Waals surface area contributed by atoms with Crippen LogP contribution in [0.3, 0.4) is 0 Å². The molecule has 0 saturated carbocycles. The Morgan fingerprint density at radius 1 is 0.0685 bits per heavy atom. The van der Waals surface area contributed by atoms with Gasteiger partial charge < -0.3 is 0 Å². The van der Waals surface area contributed by atoms with Crippen molar-refractivity contribution >= 4 is 0 Å². The summed E-state index contributed by atoms with van der Waals surface area (Å²) in [7, 11) is 0. The molecule has 0 aliphatic rings. The van der Waals surface area contributed by atoms with Crippen LogP contribution in [0.15, 0.2) is 747 Å². The summed E-state index contributed by atoms with van der Waals surface area (Å²) in [5, 5.41) is 435. The Morgan fingerprint density at radius 3 is 0.151 bits per heavy atom. The Labute approximate surface area is 763 Å². The van der Waals surface area contributed by atoms with Gasteiger partial charge in [0.1, 0.15) is 0 Å². The molecule has 145 heteroatoms. The highest BCUT2D eigenvalue weighted by molar-refractivity contribution is 4.56. The zero-order chi connectivity index (χ0) is 104. The van der Waals surface area contributed by atoms with E-state index in [0.717, 1.165) is 0 Å². The molecule has 0 atom stereocenters. The summed E-state index contributed by atoms with van der Waals surface area (Å²) in [6.07, 6.45) is 1.31. The van der Waals surface area contributed by atoms with Crippen molar-refractivity contribution in [2.24, 2.45) is 747 Å². The van der Waals surface area contributed by atoms with E-state index in [1.807, 2.05) is 0 Å². The second-order valence-corrected chi connectivity index (χ2v) is 12.9. The molecule has 0 spiro atoms. The van der Waals surface area contributed by atoms with Crippen LogP contribution in [0.4, 0.5) is 0 Å². The Morgan fingerprint density at radius 2 is 0.110 bits per heavy atom. The normalized spacial score (nSPS) is 15.7. The van der Waals surface area contributed by atoms with Gasteiger partial charge in [-0.25, -0.2) is 0 Å². The molecule has 0 aliphatic heterocycles. The van der Waals surface area contributed by atoms with E-state index in [-0.39, 0.29) is 0 Å². The predicted octanol–water partition coefficient (Wildman–Crippen LogP) is 26.6. The number of rotatable bonds is 71. The van der Waals surface area contributed by atoms with Gasteiger partial charge in [0.15, 0.2) is 0 Å². The van der Waals surface area contributed by atoms with Gasteiger partial charge >= 0.3 is 0 Å². The fourth-order valence-corrected chi connectivity index (χ4v) is 2.55. The first-order valence-electron chi connectivity index (χ1n) is 29.1. The molecule has 0 amide bonds. The molecule has 0 heterocycles. The highest BCUT2D eigenvalue weighted by Crippen LogP contribution is 2.03. The minimum absolute atomic E-state index is 1.31. The van der Waals surface area contributed by atoms with Gasteiger partial charge in [-0.2, -0.15) is 10.8 Å². The van der Waals surface area contributed by atoms with E-state index in [0.29, 0.717) is 0 Å². The molecule has 0 aromatic carbocycles. The van der Waals surface area contributed by atoms with Gasteiger partial charge in [0.25, 0.3) is 0 Å². The lowest BCUT2D eigenvalue weighted by atomic mass is 11.5. The van der Waals surface area contributed by atoms with Gasteiger partial charge in [-0.15, -0.1) is 0 Å². The first-order chi connectivity index (χ1) is 72.9. The van der Waals surface area contributed by atoms with Gasteiger partial charge in [0, 0.05) is 658 Å². The van der Waals surface area contributed by atoms with Crippen molar-refractivity contribution in [2.75, 3.05) is 0 Å². The van der Waals surface area contributed by atoms with Crippen molar-refractivity contribution in [2.45, 2.75) is 0 Å². The molecule has 0 saturated heterocycles. The van der Waals surface area contributed by atoms with E-state index in [1.54, 1.807) is 0 Å². The van der Waals surface area contributed by atoms with Crippen LogP contribution in [-0.4, -0.2) is 0 Å². The highest BCUT2D eigenvalue weighted by Gasteiger charge is 1.85. The molecule has 0 aliphatic carbocycles. The molecule has 0 bridgehead atoms. The lowest BCUT2D eigenvalue weighted by Gasteiger charge is -1.71. The Balaban J connectivity index is 4.14. The summed E-state index contributed by atoms with van der Waals surface area (Å²) in [5.41, 5.74) is 6.28. The third kappa shape index (κ3) is 115. The Kier molecular flexibility index (Phi) is 92.5. The van der Waals surface area contributed by atoms with E-state index < -0.39 is 0 Å². The van der Waals surface area contributed by atoms with Crippen LogP contribution in [0.1, 0.15) is 0 Å². The van der Waals surface area contributed by atoms with Crippen LogP contribution < -0.4 is 0 Å². The van der Waals surface area contributed by atoms with E-state index in [4.69, 9.17) is 10.8 Å². The molecule has 145 nitrogen and oxygen atoms in total. The van der Waals surface area contributed by atoms with Crippen molar-refractivity contribution in [3.05, 3.63) is 0 Å². The summed E-state index contributed by atoms with van der Waals surface area (Å²) < 4.78 is 0. The zero-order valence-electron chi connectivity index (χ0n) is 65.4. The molecule has 0 unspecified atom stereocenters. The molecular weight excluding hydrogens is 2040 g/mol. The van der Waals surface area contributed by atoms with E-state index in [2.05, 4.69) is 747 Å². The molecular formula is CHN145. The molecule has 0 radical (unpaired) electrons. The van der Waals surface area contributed by atoms with Gasteiger partial charge in [0.05, 0.1) is 0 Å². The van der Waals surface area contributed by atoms with Crippen LogP contribution in [0.2, 0.25) is 0 Å². The molecule has 730 valence electrons. The molecule has 146 heavy (non-hydrogen) atoms. The van der Waals surface area contributed by atoms with Gasteiger partial charge in [0.2, 0.25) is 6.19 Å². The monoisotopic (exact) mass is 2040 g/mol. The number of hydrogen-bond donors (Lipinski definition) is 1. The Hall–Kier alpha value is -29.3. The largest absolute Gasteiger partial charge is 0.227 e. The van der Waals surface area contributed by atoms with Crippen molar-refractivity contribution in [3.63, 3.8) is 0 Å². The zero-order valence-corrected chi connectivity index (χ0v) is 65.4. The third-order valence-electron chi connectivity index (χ3n) is 5.73. The van der Waals surface area contributed by atoms with Gasteiger partial charge in [-0.3, -0.25) is 0 Å². The van der Waals surface area contributed by atoms with Crippen molar-refractivity contribution < 1.29 is 0 Å². The van der Waals surface area contributed by atoms with E-state index in [9.17, 15) is 0 Å². The van der Waals surface area contributed by atoms with Crippen molar-refractivity contribution in [1.82, 2.24) is 0 Å². The maximum Gasteiger partial charge on any atom is 0.227 e. The summed E-state index contributed by atoms with van der Waals surface area (Å²) in [5.74, 6) is 0. The average molecular weight is 2040 g/mol. The van der Waals surface area contributed by atoms with E-state index >= 15 is 0 Å². The maximum absolute atomic E-state index is 8.04. The topological polar surface area (TPSA) is 1820 Å². The van der Waals surface area contributed by atoms with Crippen LogP contribution in [0.5, 0.6) is 0 Å². The highest BCUT2D eigenvalue weighted by atomic mass is 15.9. The van der Waals surface area contributed by atoms with Gasteiger partial charge in [-0.05, 0) is 88.7 Å².